The van der Waals surface area contributed by atoms with Crippen LogP contribution in [0.2, 0.25) is 0 Å². The van der Waals surface area contributed by atoms with E-state index in [1.54, 1.807) is 25.7 Å². The standard InChI is InChI=1S/C13H24N.C13H30N.C10H20N.C10H16N.C9H20N.C9H14N.C8H18N.2C7H18N.2C6H16N.C5H14N/c1-14(2,3)13-7-10-4-11(8-13)6-12(5-10)9-13;1-5-8-11-14(4,12-9-6-2)13-10-7-3;1-11(2,3)10-7-8-4-5-9(10)6-8;1-11(2,3)9-10-7-5-4-6-8-10;2*1-10(2,3)9-7-5-4-6-8-9;1-9(2,3)8-6-4-5-7-8;1-7(2,3)8(4,5)6;1-5-6-7-8(2,3)4;1-6(2)7(3,4)5;1-5-6-7(2,3)4;1-5-6(2,3)4/h10-12H,4-9H2,1-3H3;5-13H2,1-4H3;8-10H,4-7H2,1-3H3;4-8H,9H2,1-3H3;9H,4-8H2,1-3H3;4-8H,1-3H3;8H,4-7H2,1-3H3;1-6H3;5-7H2,1-4H3;6H,1-5H3;5-6H2,1-4H3;5H2,1-4H3/q12*+1. The van der Waals surface area contributed by atoms with Gasteiger partial charge in [-0.2, -0.15) is 0 Å². The first-order valence-corrected chi connectivity index (χ1v) is 47.8. The SMILES string of the molecule is CC(C)(C)[N+](C)(C)C.CC(C)[N+](C)(C)C.CCCC[N+](C)(C)C.CCCC[N+](C)(CCCC)CCCC.CCC[N+](C)(C)C.CC[N+](C)(C)C.C[N+](C)(C)C12CC3CC(CC(C3)C1)C2.C[N+](C)(C)C1CC2CCC1C2.C[N+](C)(C)C1CCCC1.C[N+](C)(C)C1CCCCC1.C[N+](C)(C)Cc1ccccc1.C[N+](C)(C)c1ccccc1. The van der Waals surface area contributed by atoms with Crippen LogP contribution in [0.5, 0.6) is 0 Å². The number of fused-ring (bicyclic) bond motifs is 2. The highest BCUT2D eigenvalue weighted by Gasteiger charge is 2.57. The Hall–Kier alpha value is -2.04. The molecular weight excluding hydrogens is 1410 g/mol. The molecule has 12 heteroatoms. The molecule has 684 valence electrons. The predicted octanol–water partition coefficient (Wildman–Crippen LogP) is 21.7. The van der Waals surface area contributed by atoms with E-state index in [1.165, 1.54) is 227 Å². The Morgan fingerprint density at radius 3 is 0.878 bits per heavy atom. The number of rotatable bonds is 23. The van der Waals surface area contributed by atoms with Crippen LogP contribution in [0.1, 0.15) is 262 Å². The molecule has 6 bridgehead atoms. The molecule has 8 saturated carbocycles. The Balaban J connectivity index is -0.00000120. The molecule has 0 N–H and O–H groups in total. The number of hydrogen-bond donors (Lipinski definition) is 0. The third-order valence-electron chi connectivity index (χ3n) is 27.0. The van der Waals surface area contributed by atoms with Gasteiger partial charge in [0.1, 0.15) is 12.2 Å². The van der Waals surface area contributed by atoms with Crippen molar-refractivity contribution in [3.63, 3.8) is 0 Å². The van der Waals surface area contributed by atoms with Gasteiger partial charge in [0.15, 0.2) is 0 Å². The molecule has 2 aromatic rings. The van der Waals surface area contributed by atoms with Crippen LogP contribution in [0.25, 0.3) is 0 Å². The molecule has 8 fully saturated rings. The fourth-order valence-corrected chi connectivity index (χ4v) is 16.8. The summed E-state index contributed by atoms with van der Waals surface area (Å²) < 4.78 is 13.3. The summed E-state index contributed by atoms with van der Waals surface area (Å²) in [5.74, 6) is 5.46. The second-order valence-electron chi connectivity index (χ2n) is 49.5. The van der Waals surface area contributed by atoms with Crippen LogP contribution < -0.4 is 4.48 Å². The average molecular weight is 1630 g/mol. The van der Waals surface area contributed by atoms with Crippen molar-refractivity contribution >= 4 is 5.69 Å². The van der Waals surface area contributed by atoms with Gasteiger partial charge in [0, 0.05) is 37.2 Å². The monoisotopic (exact) mass is 1630 g/mol. The van der Waals surface area contributed by atoms with Gasteiger partial charge in [0.2, 0.25) is 0 Å². The Bertz CT molecular complexity index is 2550. The molecule has 3 atom stereocenters. The fourth-order valence-electron chi connectivity index (χ4n) is 16.8. The lowest BCUT2D eigenvalue weighted by Crippen LogP contribution is -2.65. The minimum Gasteiger partial charge on any atom is -0.331 e. The van der Waals surface area contributed by atoms with Crippen molar-refractivity contribution in [2.24, 2.45) is 29.6 Å². The topological polar surface area (TPSA) is 0 Å². The molecule has 2 aromatic carbocycles. The van der Waals surface area contributed by atoms with Crippen molar-refractivity contribution in [3.8, 4) is 0 Å². The summed E-state index contributed by atoms with van der Waals surface area (Å²) in [6, 6.07) is 24.6. The zero-order valence-corrected chi connectivity index (χ0v) is 88.1. The molecule has 0 radical (unpaired) electrons. The molecule has 0 aromatic heterocycles. The van der Waals surface area contributed by atoms with Crippen LogP contribution in [-0.2, 0) is 6.54 Å². The zero-order chi connectivity index (χ0) is 90.2. The predicted molar refractivity (Wildman–Crippen MR) is 522 cm³/mol. The molecule has 0 heterocycles. The van der Waals surface area contributed by atoms with Gasteiger partial charge in [-0.3, -0.25) is 4.48 Å². The Kier molecular flexibility index (Phi) is 54.9. The molecule has 0 spiro atoms. The van der Waals surface area contributed by atoms with Gasteiger partial charge in [-0.1, -0.05) is 115 Å². The van der Waals surface area contributed by atoms with E-state index in [9.17, 15) is 0 Å². The van der Waals surface area contributed by atoms with Crippen LogP contribution in [0, 0.1) is 29.6 Å². The minimum atomic E-state index is 0.375. The van der Waals surface area contributed by atoms with Crippen LogP contribution in [0.3, 0.4) is 0 Å². The van der Waals surface area contributed by atoms with Gasteiger partial charge < -0.3 is 49.3 Å². The summed E-state index contributed by atoms with van der Waals surface area (Å²) in [5.41, 5.74) is 3.79. The third-order valence-corrected chi connectivity index (χ3v) is 27.0. The summed E-state index contributed by atoms with van der Waals surface area (Å²) in [6.07, 6.45) is 40.6. The van der Waals surface area contributed by atoms with Crippen LogP contribution in [0.4, 0.5) is 5.69 Å². The fraction of sp³-hybridized carbons (Fsp3) is 0.883. The summed E-state index contributed by atoms with van der Waals surface area (Å²) in [6.45, 7) is 33.7. The van der Waals surface area contributed by atoms with Gasteiger partial charge in [-0.05, 0) is 199 Å². The maximum atomic E-state index is 2.45. The maximum Gasteiger partial charge on any atom is 0.132 e. The van der Waals surface area contributed by atoms with Crippen LogP contribution in [-0.4, -0.2) is 363 Å². The molecule has 3 unspecified atom stereocenters. The molecule has 115 heavy (non-hydrogen) atoms. The van der Waals surface area contributed by atoms with E-state index in [2.05, 4.69) is 370 Å². The van der Waals surface area contributed by atoms with Crippen molar-refractivity contribution in [1.82, 2.24) is 4.48 Å². The third kappa shape index (κ3) is 57.9. The van der Waals surface area contributed by atoms with Crippen molar-refractivity contribution in [1.29, 1.82) is 0 Å². The summed E-state index contributed by atoms with van der Waals surface area (Å²) in [7, 11) is 76.8. The largest absolute Gasteiger partial charge is 0.331 e. The van der Waals surface area contributed by atoms with Crippen molar-refractivity contribution in [2.75, 3.05) is 279 Å². The number of quaternary nitrogens is 12. The number of nitrogens with zero attached hydrogens (tertiary/aromatic N) is 12. The average Bonchev–Trinajstić information content (AvgIpc) is 1.38. The van der Waals surface area contributed by atoms with Gasteiger partial charge in [0.05, 0.1) is 314 Å². The zero-order valence-electron chi connectivity index (χ0n) is 88.1. The number of unbranched alkanes of at least 4 members (excludes halogenated alkanes) is 4. The molecule has 0 aliphatic heterocycles. The highest BCUT2D eigenvalue weighted by Crippen LogP contribution is 2.58. The van der Waals surface area contributed by atoms with Crippen LogP contribution >= 0.6 is 0 Å². The second-order valence-corrected chi connectivity index (χ2v) is 49.5. The smallest absolute Gasteiger partial charge is 0.132 e. The quantitative estimate of drug-likeness (QED) is 0.0973. The lowest BCUT2D eigenvalue weighted by atomic mass is 9.52. The van der Waals surface area contributed by atoms with E-state index in [0.29, 0.717) is 11.1 Å². The van der Waals surface area contributed by atoms with E-state index in [4.69, 9.17) is 0 Å². The highest BCUT2D eigenvalue weighted by molar-refractivity contribution is 5.40. The summed E-state index contributed by atoms with van der Waals surface area (Å²) in [4.78, 5) is 0. The van der Waals surface area contributed by atoms with E-state index in [0.717, 1.165) is 91.7 Å². The Labute approximate surface area is 727 Å². The first-order chi connectivity index (χ1) is 52.0. The minimum absolute atomic E-state index is 0.375. The molecule has 10 rings (SSSR count). The Morgan fingerprint density at radius 1 is 0.357 bits per heavy atom. The molecule has 8 aliphatic carbocycles. The van der Waals surface area contributed by atoms with E-state index < -0.39 is 0 Å². The van der Waals surface area contributed by atoms with Crippen molar-refractivity contribution < 1.29 is 49.3 Å². The number of hydrogen-bond acceptors (Lipinski definition) is 0. The van der Waals surface area contributed by atoms with Crippen molar-refractivity contribution in [3.05, 3.63) is 66.2 Å². The highest BCUT2D eigenvalue weighted by atomic mass is 15.4. The number of para-hydroxylation sites is 1. The lowest BCUT2D eigenvalue weighted by Gasteiger charge is -2.61. The molecule has 0 amide bonds. The van der Waals surface area contributed by atoms with Crippen LogP contribution in [0.15, 0.2) is 60.7 Å². The van der Waals surface area contributed by atoms with Gasteiger partial charge in [-0.15, -0.1) is 0 Å². The normalized spacial score (nSPS) is 21.7. The molecule has 12 nitrogen and oxygen atoms in total. The van der Waals surface area contributed by atoms with Gasteiger partial charge in [-0.25, -0.2) is 0 Å². The summed E-state index contributed by atoms with van der Waals surface area (Å²) in [5, 5.41) is 0. The van der Waals surface area contributed by atoms with Crippen molar-refractivity contribution in [2.45, 2.75) is 298 Å². The molecular formula is C103H224N12+12. The lowest BCUT2D eigenvalue weighted by molar-refractivity contribution is -0.930. The maximum absolute atomic E-state index is 2.45. The van der Waals surface area contributed by atoms with E-state index in [1.807, 2.05) is 6.07 Å². The second kappa shape index (κ2) is 53.9. The first-order valence-electron chi connectivity index (χ1n) is 47.8. The van der Waals surface area contributed by atoms with E-state index in [-0.39, 0.29) is 0 Å². The summed E-state index contributed by atoms with van der Waals surface area (Å²) >= 11 is 0. The Morgan fingerprint density at radius 2 is 0.687 bits per heavy atom. The molecule has 0 saturated heterocycles. The van der Waals surface area contributed by atoms with Gasteiger partial charge in [0.25, 0.3) is 0 Å². The first kappa shape index (κ1) is 117. The van der Waals surface area contributed by atoms with E-state index >= 15 is 0 Å². The molecule has 8 aliphatic rings. The number of benzene rings is 2. The van der Waals surface area contributed by atoms with Gasteiger partial charge >= 0.3 is 0 Å².